The molecule has 74 valence electrons. The van der Waals surface area contributed by atoms with Gasteiger partial charge in [0.1, 0.15) is 0 Å². The van der Waals surface area contributed by atoms with Gasteiger partial charge in [0, 0.05) is 0 Å². The first-order valence-corrected chi connectivity index (χ1v) is 6.28. The van der Waals surface area contributed by atoms with Crippen molar-refractivity contribution in [3.63, 3.8) is 0 Å². The van der Waals surface area contributed by atoms with Gasteiger partial charge in [-0.15, -0.1) is 0 Å². The van der Waals surface area contributed by atoms with Gasteiger partial charge in [-0.05, 0) is 0 Å². The fraction of sp³-hybridized carbons (Fsp3) is 0.750. The van der Waals surface area contributed by atoms with Crippen LogP contribution in [0.3, 0.4) is 0 Å². The summed E-state index contributed by atoms with van der Waals surface area (Å²) in [6.45, 7) is 2.19. The Balaban J connectivity index is 0.00000144. The van der Waals surface area contributed by atoms with Crippen molar-refractivity contribution in [2.75, 3.05) is 13.1 Å². The maximum Gasteiger partial charge on any atom is -1.00 e. The molecule has 0 aromatic rings. The Hall–Kier alpha value is -0.231. The summed E-state index contributed by atoms with van der Waals surface area (Å²) in [5.41, 5.74) is 5.85. The molecule has 0 spiro atoms. The molecule has 2 N–H and O–H groups in total. The van der Waals surface area contributed by atoms with Crippen LogP contribution in [0.1, 0.15) is 19.3 Å². The number of nitrogens with zero attached hydrogens (tertiary/aromatic N) is 2. The standard InChI is InChI=1S/C8H13N3Se.ClH/c9-4-7-12-8(10)11-5-2-1-3-6-11;/h10H,1-3,5-7H2;1H. The summed E-state index contributed by atoms with van der Waals surface area (Å²) < 4.78 is 3.20. The van der Waals surface area contributed by atoms with Crippen molar-refractivity contribution < 1.29 is 17.0 Å². The number of piperidine rings is 1. The molecule has 1 aliphatic heterocycles. The molecule has 0 radical (unpaired) electrons. The molecule has 0 unspecified atom stereocenters. The molecule has 0 aliphatic carbocycles. The van der Waals surface area contributed by atoms with Gasteiger partial charge < -0.3 is 12.4 Å². The normalized spacial score (nSPS) is 15.8. The van der Waals surface area contributed by atoms with Crippen LogP contribution in [0.15, 0.2) is 0 Å². The molecule has 0 aromatic heterocycles. The van der Waals surface area contributed by atoms with Crippen LogP contribution in [-0.2, 0) is 0 Å². The quantitative estimate of drug-likeness (QED) is 0.332. The van der Waals surface area contributed by atoms with E-state index in [2.05, 4.69) is 10.6 Å². The molecule has 1 aliphatic rings. The van der Waals surface area contributed by atoms with E-state index in [-0.39, 0.29) is 27.4 Å². The fourth-order valence-electron chi connectivity index (χ4n) is 1.31. The molecule has 3 nitrogen and oxygen atoms in total. The molecule has 0 saturated carbocycles. The SMILES string of the molecule is N#CC[Se]C(N)=[N+]1CCCCC1.[Cl-]. The van der Waals surface area contributed by atoms with E-state index in [1.807, 2.05) is 0 Å². The van der Waals surface area contributed by atoms with Gasteiger partial charge in [-0.25, -0.2) is 0 Å². The van der Waals surface area contributed by atoms with Crippen LogP contribution in [0.5, 0.6) is 0 Å². The monoisotopic (exact) mass is 267 g/mol. The molecular formula is C8H14ClN3Se. The predicted octanol–water partition coefficient (Wildman–Crippen LogP) is -2.85. The Morgan fingerprint density at radius 2 is 2.00 bits per heavy atom. The molecule has 0 bridgehead atoms. The molecule has 0 amide bonds. The van der Waals surface area contributed by atoms with Crippen molar-refractivity contribution in [3.05, 3.63) is 0 Å². The second-order valence-corrected chi connectivity index (χ2v) is 4.92. The molecule has 1 heterocycles. The number of rotatable bonds is 2. The van der Waals surface area contributed by atoms with E-state index in [0.29, 0.717) is 5.32 Å². The molecule has 1 saturated heterocycles. The van der Waals surface area contributed by atoms with E-state index >= 15 is 0 Å². The predicted molar refractivity (Wildman–Crippen MR) is 49.2 cm³/mol. The summed E-state index contributed by atoms with van der Waals surface area (Å²) in [5.74, 6) is 0. The first-order valence-electron chi connectivity index (χ1n) is 4.21. The summed E-state index contributed by atoms with van der Waals surface area (Å²) in [4.78, 5) is 0. The minimum Gasteiger partial charge on any atom is -1.00 e. The Labute approximate surface area is 91.6 Å². The van der Waals surface area contributed by atoms with Gasteiger partial charge in [-0.2, -0.15) is 0 Å². The van der Waals surface area contributed by atoms with Crippen LogP contribution in [-0.4, -0.2) is 37.4 Å². The number of nitrogens with two attached hydrogens (primary N) is 1. The minimum atomic E-state index is 0. The van der Waals surface area contributed by atoms with Crippen LogP contribution in [0.25, 0.3) is 0 Å². The summed E-state index contributed by atoms with van der Waals surface area (Å²) in [6, 6.07) is 2.14. The van der Waals surface area contributed by atoms with Crippen molar-refractivity contribution >= 4 is 19.7 Å². The van der Waals surface area contributed by atoms with E-state index in [9.17, 15) is 0 Å². The topological polar surface area (TPSA) is 52.8 Å². The largest absolute Gasteiger partial charge is 1.00 e. The van der Waals surface area contributed by atoms with Crippen LogP contribution in [0.4, 0.5) is 0 Å². The first kappa shape index (κ1) is 12.8. The zero-order valence-corrected chi connectivity index (χ0v) is 9.97. The van der Waals surface area contributed by atoms with Crippen molar-refractivity contribution in [2.24, 2.45) is 5.73 Å². The number of hydrogen-bond donors (Lipinski definition) is 1. The van der Waals surface area contributed by atoms with Crippen molar-refractivity contribution in [3.8, 4) is 6.07 Å². The Morgan fingerprint density at radius 1 is 1.38 bits per heavy atom. The average molecular weight is 267 g/mol. The maximum atomic E-state index is 8.39. The van der Waals surface area contributed by atoms with Gasteiger partial charge in [0.15, 0.2) is 0 Å². The van der Waals surface area contributed by atoms with Gasteiger partial charge in [-0.1, -0.05) is 0 Å². The third-order valence-corrected chi connectivity index (χ3v) is 3.69. The second-order valence-electron chi connectivity index (χ2n) is 2.83. The van der Waals surface area contributed by atoms with Crippen LogP contribution in [0.2, 0.25) is 5.32 Å². The summed E-state index contributed by atoms with van der Waals surface area (Å²) in [7, 11) is 0. The van der Waals surface area contributed by atoms with Gasteiger partial charge >= 0.3 is 79.0 Å². The molecular weight excluding hydrogens is 253 g/mol. The fourth-order valence-corrected chi connectivity index (χ4v) is 2.52. The third kappa shape index (κ3) is 4.52. The Morgan fingerprint density at radius 3 is 2.54 bits per heavy atom. The van der Waals surface area contributed by atoms with Crippen molar-refractivity contribution in [1.82, 2.24) is 0 Å². The zero-order chi connectivity index (χ0) is 8.81. The van der Waals surface area contributed by atoms with Crippen LogP contribution >= 0.6 is 0 Å². The summed E-state index contributed by atoms with van der Waals surface area (Å²) in [5, 5.41) is 9.00. The Bertz CT molecular complexity index is 214. The number of nitriles is 1. The molecule has 0 atom stereocenters. The molecule has 0 aromatic carbocycles. The third-order valence-electron chi connectivity index (χ3n) is 1.95. The number of hydrogen-bond acceptors (Lipinski definition) is 1. The minimum absolute atomic E-state index is 0. The van der Waals surface area contributed by atoms with E-state index in [0.717, 1.165) is 17.8 Å². The first-order chi connectivity index (χ1) is 5.84. The second kappa shape index (κ2) is 7.20. The van der Waals surface area contributed by atoms with E-state index in [4.69, 9.17) is 11.0 Å². The van der Waals surface area contributed by atoms with E-state index in [1.165, 1.54) is 19.3 Å². The molecule has 13 heavy (non-hydrogen) atoms. The average Bonchev–Trinajstić information content (AvgIpc) is 2.15. The maximum absolute atomic E-state index is 8.39. The van der Waals surface area contributed by atoms with Crippen LogP contribution < -0.4 is 18.1 Å². The summed E-state index contributed by atoms with van der Waals surface area (Å²) in [6.07, 6.45) is 3.84. The zero-order valence-electron chi connectivity index (χ0n) is 7.50. The number of halogens is 1. The van der Waals surface area contributed by atoms with Gasteiger partial charge in [0.2, 0.25) is 0 Å². The smallest absolute Gasteiger partial charge is 1.00 e. The number of amidine groups is 1. The molecule has 1 rings (SSSR count). The van der Waals surface area contributed by atoms with Gasteiger partial charge in [-0.3, -0.25) is 0 Å². The van der Waals surface area contributed by atoms with E-state index in [1.54, 1.807) is 0 Å². The molecule has 1 fully saturated rings. The van der Waals surface area contributed by atoms with Crippen molar-refractivity contribution in [2.45, 2.75) is 24.6 Å². The van der Waals surface area contributed by atoms with E-state index < -0.39 is 0 Å². The van der Waals surface area contributed by atoms with Gasteiger partial charge in [0.05, 0.1) is 0 Å². The van der Waals surface area contributed by atoms with Gasteiger partial charge in [0.25, 0.3) is 0 Å². The van der Waals surface area contributed by atoms with Crippen molar-refractivity contribution in [1.29, 1.82) is 5.26 Å². The molecule has 5 heteroatoms. The van der Waals surface area contributed by atoms with Crippen LogP contribution in [0, 0.1) is 11.3 Å². The summed E-state index contributed by atoms with van der Waals surface area (Å²) >= 11 is 0.200. The Kier molecular flexibility index (Phi) is 7.07.